The summed E-state index contributed by atoms with van der Waals surface area (Å²) in [4.78, 5) is 2.28. The summed E-state index contributed by atoms with van der Waals surface area (Å²) in [6, 6.07) is 75.1. The van der Waals surface area contributed by atoms with Crippen molar-refractivity contribution in [2.45, 2.75) is 0 Å². The number of furan rings is 2. The van der Waals surface area contributed by atoms with Crippen LogP contribution in [0.25, 0.3) is 104 Å². The summed E-state index contributed by atoms with van der Waals surface area (Å²) >= 11 is 0. The lowest BCUT2D eigenvalue weighted by atomic mass is 9.96. The SMILES string of the molecule is C=C/C(=C\C=C\N(c1ccc(-c2cccc3ccccc23)cc1)c1ccccc1-c1cccc2oc3cc4ccccc4cc3c12)c1cccc2c1oc1c(-c3ccccc3)cccc12. The van der Waals surface area contributed by atoms with E-state index in [2.05, 4.69) is 236 Å². The van der Waals surface area contributed by atoms with Crippen LogP contribution in [-0.4, -0.2) is 0 Å². The number of benzene rings is 10. The largest absolute Gasteiger partial charge is 0.456 e. The Morgan fingerprint density at radius 3 is 1.89 bits per heavy atom. The second-order valence-corrected chi connectivity index (χ2v) is 16.4. The Hall–Kier alpha value is -8.66. The van der Waals surface area contributed by atoms with Crippen LogP contribution < -0.4 is 4.90 Å². The van der Waals surface area contributed by atoms with Gasteiger partial charge in [0.1, 0.15) is 22.3 Å². The van der Waals surface area contributed by atoms with Gasteiger partial charge in [0.15, 0.2) is 0 Å². The van der Waals surface area contributed by atoms with Gasteiger partial charge in [0, 0.05) is 50.1 Å². The molecular formula is C62H41NO2. The van der Waals surface area contributed by atoms with E-state index in [1.807, 2.05) is 12.1 Å². The number of hydrogen-bond donors (Lipinski definition) is 0. The van der Waals surface area contributed by atoms with Crippen molar-refractivity contribution in [2.75, 3.05) is 4.90 Å². The molecular weight excluding hydrogens is 791 g/mol. The number of fused-ring (bicyclic) bond motifs is 8. The standard InChI is InChI=1S/C62H41NO2/c1-2-41(50-27-13-30-54-55-31-14-28-51(62(55)65-61(50)54)43-17-4-3-5-18-43)23-16-38-63(47-36-34-44(35-37-47)49-26-12-22-42-19-8-9-24-48(42)49)57-32-11-10-25-52(57)53-29-15-33-58-60(53)56-39-45-20-6-7-21-46(45)40-59(56)64-58/h2-40H,1H2/b38-16+,41-23+. The van der Waals surface area contributed by atoms with Gasteiger partial charge >= 0.3 is 0 Å². The quantitative estimate of drug-likeness (QED) is 0.136. The number of anilines is 2. The van der Waals surface area contributed by atoms with Gasteiger partial charge < -0.3 is 13.7 Å². The molecule has 0 spiro atoms. The summed E-state index contributed by atoms with van der Waals surface area (Å²) in [5.74, 6) is 0. The summed E-state index contributed by atoms with van der Waals surface area (Å²) in [5.41, 5.74) is 14.2. The Labute approximate surface area is 376 Å². The molecule has 2 heterocycles. The zero-order valence-electron chi connectivity index (χ0n) is 35.5. The van der Waals surface area contributed by atoms with Crippen molar-refractivity contribution in [1.82, 2.24) is 0 Å². The highest BCUT2D eigenvalue weighted by Crippen LogP contribution is 2.44. The van der Waals surface area contributed by atoms with Gasteiger partial charge in [-0.3, -0.25) is 0 Å². The molecule has 3 heteroatoms. The lowest BCUT2D eigenvalue weighted by molar-refractivity contribution is 0.668. The molecule has 0 bridgehead atoms. The van der Waals surface area contributed by atoms with Crippen LogP contribution in [0.15, 0.2) is 252 Å². The van der Waals surface area contributed by atoms with Crippen molar-refractivity contribution >= 4 is 82.4 Å². The van der Waals surface area contributed by atoms with Crippen LogP contribution in [0.1, 0.15) is 5.56 Å². The first kappa shape index (κ1) is 38.0. The molecule has 12 rings (SSSR count). The minimum absolute atomic E-state index is 0.838. The molecule has 0 unspecified atom stereocenters. The smallest absolute Gasteiger partial charge is 0.143 e. The van der Waals surface area contributed by atoms with E-state index in [9.17, 15) is 0 Å². The fraction of sp³-hybridized carbons (Fsp3) is 0. The van der Waals surface area contributed by atoms with E-state index in [-0.39, 0.29) is 0 Å². The van der Waals surface area contributed by atoms with Gasteiger partial charge in [-0.05, 0) is 91.8 Å². The van der Waals surface area contributed by atoms with Crippen molar-refractivity contribution in [3.8, 4) is 33.4 Å². The normalized spacial score (nSPS) is 12.1. The van der Waals surface area contributed by atoms with Crippen LogP contribution in [0, 0.1) is 0 Å². The van der Waals surface area contributed by atoms with E-state index >= 15 is 0 Å². The van der Waals surface area contributed by atoms with Crippen molar-refractivity contribution in [1.29, 1.82) is 0 Å². The Balaban J connectivity index is 1.00. The lowest BCUT2D eigenvalue weighted by Gasteiger charge is -2.24. The first-order chi connectivity index (χ1) is 32.2. The van der Waals surface area contributed by atoms with Crippen LogP contribution in [0.4, 0.5) is 11.4 Å². The molecule has 0 saturated heterocycles. The van der Waals surface area contributed by atoms with Gasteiger partial charge in [0.2, 0.25) is 0 Å². The molecule has 65 heavy (non-hydrogen) atoms. The van der Waals surface area contributed by atoms with Crippen LogP contribution in [0.3, 0.4) is 0 Å². The maximum atomic E-state index is 6.81. The maximum absolute atomic E-state index is 6.81. The summed E-state index contributed by atoms with van der Waals surface area (Å²) in [6.07, 6.45) is 8.31. The number of para-hydroxylation sites is 3. The summed E-state index contributed by atoms with van der Waals surface area (Å²) in [5, 5.41) is 9.15. The number of rotatable bonds is 9. The molecule has 0 aliphatic rings. The molecule has 0 aliphatic carbocycles. The van der Waals surface area contributed by atoms with E-state index in [0.717, 1.165) is 99.6 Å². The third-order valence-electron chi connectivity index (χ3n) is 12.7. The molecule has 0 radical (unpaired) electrons. The number of hydrogen-bond acceptors (Lipinski definition) is 3. The van der Waals surface area contributed by atoms with Crippen molar-refractivity contribution in [2.24, 2.45) is 0 Å². The van der Waals surface area contributed by atoms with E-state index in [1.54, 1.807) is 0 Å². The highest BCUT2D eigenvalue weighted by atomic mass is 16.3. The monoisotopic (exact) mass is 831 g/mol. The van der Waals surface area contributed by atoms with Crippen LogP contribution in [0.2, 0.25) is 0 Å². The lowest BCUT2D eigenvalue weighted by Crippen LogP contribution is -2.09. The molecule has 0 atom stereocenters. The molecule has 0 fully saturated rings. The average molecular weight is 832 g/mol. The topological polar surface area (TPSA) is 29.5 Å². The van der Waals surface area contributed by atoms with E-state index in [1.165, 1.54) is 21.7 Å². The third kappa shape index (κ3) is 6.61. The summed E-state index contributed by atoms with van der Waals surface area (Å²) < 4.78 is 13.4. The molecule has 0 amide bonds. The maximum Gasteiger partial charge on any atom is 0.143 e. The average Bonchev–Trinajstić information content (AvgIpc) is 3.94. The van der Waals surface area contributed by atoms with E-state index in [0.29, 0.717) is 0 Å². The predicted octanol–water partition coefficient (Wildman–Crippen LogP) is 17.7. The molecule has 10 aromatic carbocycles. The van der Waals surface area contributed by atoms with Gasteiger partial charge in [0.05, 0.1) is 5.69 Å². The molecule has 12 aromatic rings. The van der Waals surface area contributed by atoms with Crippen molar-refractivity contribution in [3.05, 3.63) is 249 Å². The third-order valence-corrected chi connectivity index (χ3v) is 12.7. The van der Waals surface area contributed by atoms with Gasteiger partial charge in [-0.25, -0.2) is 0 Å². The second kappa shape index (κ2) is 15.9. The fourth-order valence-corrected chi connectivity index (χ4v) is 9.62. The highest BCUT2D eigenvalue weighted by molar-refractivity contribution is 6.17. The van der Waals surface area contributed by atoms with E-state index in [4.69, 9.17) is 8.83 Å². The van der Waals surface area contributed by atoms with Gasteiger partial charge in [-0.15, -0.1) is 0 Å². The zero-order chi connectivity index (χ0) is 43.3. The van der Waals surface area contributed by atoms with Crippen molar-refractivity contribution < 1.29 is 8.83 Å². The Morgan fingerprint density at radius 1 is 0.431 bits per heavy atom. The minimum Gasteiger partial charge on any atom is -0.456 e. The highest BCUT2D eigenvalue weighted by Gasteiger charge is 2.20. The van der Waals surface area contributed by atoms with E-state index < -0.39 is 0 Å². The summed E-state index contributed by atoms with van der Waals surface area (Å²) in [7, 11) is 0. The van der Waals surface area contributed by atoms with Crippen LogP contribution in [-0.2, 0) is 0 Å². The molecule has 3 nitrogen and oxygen atoms in total. The Kier molecular flexibility index (Phi) is 9.31. The van der Waals surface area contributed by atoms with Gasteiger partial charge in [-0.1, -0.05) is 195 Å². The van der Waals surface area contributed by atoms with Gasteiger partial charge in [0.25, 0.3) is 0 Å². The molecule has 2 aromatic heterocycles. The minimum atomic E-state index is 0.838. The zero-order valence-corrected chi connectivity index (χ0v) is 35.5. The molecule has 306 valence electrons. The number of nitrogens with zero attached hydrogens (tertiary/aromatic N) is 1. The van der Waals surface area contributed by atoms with Crippen LogP contribution >= 0.6 is 0 Å². The first-order valence-corrected chi connectivity index (χ1v) is 22.0. The van der Waals surface area contributed by atoms with Crippen LogP contribution in [0.5, 0.6) is 0 Å². The molecule has 0 aliphatic heterocycles. The van der Waals surface area contributed by atoms with Crippen molar-refractivity contribution in [3.63, 3.8) is 0 Å². The summed E-state index contributed by atoms with van der Waals surface area (Å²) in [6.45, 7) is 4.29. The Morgan fingerprint density at radius 2 is 1.05 bits per heavy atom. The molecule has 0 N–H and O–H groups in total. The molecule has 0 saturated carbocycles. The first-order valence-electron chi connectivity index (χ1n) is 22.0. The number of allylic oxidation sites excluding steroid dienone is 4. The fourth-order valence-electron chi connectivity index (χ4n) is 9.62. The van der Waals surface area contributed by atoms with Gasteiger partial charge in [-0.2, -0.15) is 0 Å². The Bertz CT molecular complexity index is 3840. The second-order valence-electron chi connectivity index (χ2n) is 16.4. The predicted molar refractivity (Wildman–Crippen MR) is 275 cm³/mol.